The molecule has 0 aliphatic carbocycles. The number of dihydropyridines is 1. The van der Waals surface area contributed by atoms with Crippen LogP contribution in [-0.2, 0) is 4.74 Å². The van der Waals surface area contributed by atoms with Crippen molar-refractivity contribution < 1.29 is 4.74 Å². The van der Waals surface area contributed by atoms with Crippen LogP contribution in [0.15, 0.2) is 30.0 Å². The fourth-order valence-corrected chi connectivity index (χ4v) is 0.819. The SMILES string of the molecule is C=COCC1CC=CC=N1. The average molecular weight is 137 g/mol. The Morgan fingerprint density at radius 2 is 2.70 bits per heavy atom. The number of rotatable bonds is 3. The first-order chi connectivity index (χ1) is 4.93. The molecule has 1 aliphatic rings. The first-order valence-electron chi connectivity index (χ1n) is 3.34. The van der Waals surface area contributed by atoms with E-state index >= 15 is 0 Å². The van der Waals surface area contributed by atoms with Crippen LogP contribution in [0.1, 0.15) is 6.42 Å². The molecule has 1 heterocycles. The van der Waals surface area contributed by atoms with Crippen LogP contribution in [0.3, 0.4) is 0 Å². The quantitative estimate of drug-likeness (QED) is 0.541. The average Bonchev–Trinajstić information content (AvgIpc) is 2.03. The summed E-state index contributed by atoms with van der Waals surface area (Å²) in [5.41, 5.74) is 0. The minimum Gasteiger partial charge on any atom is -0.500 e. The van der Waals surface area contributed by atoms with E-state index in [0.717, 1.165) is 6.42 Å². The van der Waals surface area contributed by atoms with E-state index in [1.807, 2.05) is 6.08 Å². The maximum Gasteiger partial charge on any atom is 0.110 e. The summed E-state index contributed by atoms with van der Waals surface area (Å²) >= 11 is 0. The normalized spacial score (nSPS) is 22.6. The van der Waals surface area contributed by atoms with Crippen LogP contribution >= 0.6 is 0 Å². The van der Waals surface area contributed by atoms with Crippen molar-refractivity contribution in [3.05, 3.63) is 25.0 Å². The van der Waals surface area contributed by atoms with Gasteiger partial charge in [0.15, 0.2) is 0 Å². The molecular formula is C8H11NO. The Balaban J connectivity index is 2.23. The second kappa shape index (κ2) is 3.88. The van der Waals surface area contributed by atoms with Crippen molar-refractivity contribution >= 4 is 6.21 Å². The van der Waals surface area contributed by atoms with E-state index < -0.39 is 0 Å². The Labute approximate surface area is 60.9 Å². The van der Waals surface area contributed by atoms with Crippen LogP contribution in [0.2, 0.25) is 0 Å². The monoisotopic (exact) mass is 137 g/mol. The molecule has 1 aliphatic heterocycles. The molecule has 10 heavy (non-hydrogen) atoms. The third-order valence-electron chi connectivity index (χ3n) is 1.33. The highest BCUT2D eigenvalue weighted by molar-refractivity contribution is 5.72. The number of hydrogen-bond acceptors (Lipinski definition) is 2. The van der Waals surface area contributed by atoms with Gasteiger partial charge < -0.3 is 4.74 Å². The van der Waals surface area contributed by atoms with Crippen molar-refractivity contribution in [3.8, 4) is 0 Å². The highest BCUT2D eigenvalue weighted by atomic mass is 16.5. The summed E-state index contributed by atoms with van der Waals surface area (Å²) in [5.74, 6) is 0. The van der Waals surface area contributed by atoms with Crippen molar-refractivity contribution in [1.82, 2.24) is 0 Å². The first-order valence-corrected chi connectivity index (χ1v) is 3.34. The number of allylic oxidation sites excluding steroid dienone is 1. The molecule has 0 radical (unpaired) electrons. The lowest BCUT2D eigenvalue weighted by molar-refractivity contribution is 0.229. The smallest absolute Gasteiger partial charge is 0.110 e. The summed E-state index contributed by atoms with van der Waals surface area (Å²) in [6, 6.07) is 0.294. The Morgan fingerprint density at radius 1 is 1.80 bits per heavy atom. The molecule has 0 spiro atoms. The number of aliphatic imine (C=N–C) groups is 1. The molecule has 1 atom stereocenters. The van der Waals surface area contributed by atoms with Crippen LogP contribution in [0.25, 0.3) is 0 Å². The van der Waals surface area contributed by atoms with Gasteiger partial charge in [0.2, 0.25) is 0 Å². The van der Waals surface area contributed by atoms with Gasteiger partial charge in [0.25, 0.3) is 0 Å². The Hall–Kier alpha value is -1.05. The largest absolute Gasteiger partial charge is 0.500 e. The van der Waals surface area contributed by atoms with E-state index in [9.17, 15) is 0 Å². The summed E-state index contributed by atoms with van der Waals surface area (Å²) in [4.78, 5) is 4.18. The predicted octanol–water partition coefficient (Wildman–Crippen LogP) is 1.55. The van der Waals surface area contributed by atoms with Gasteiger partial charge in [-0.2, -0.15) is 0 Å². The topological polar surface area (TPSA) is 21.6 Å². The lowest BCUT2D eigenvalue weighted by atomic mass is 10.2. The number of hydrogen-bond donors (Lipinski definition) is 0. The maximum absolute atomic E-state index is 4.99. The molecule has 1 rings (SSSR count). The predicted molar refractivity (Wildman–Crippen MR) is 42.2 cm³/mol. The molecule has 0 fully saturated rings. The van der Waals surface area contributed by atoms with Gasteiger partial charge in [-0.05, 0) is 12.5 Å². The fourth-order valence-electron chi connectivity index (χ4n) is 0.819. The first kappa shape index (κ1) is 7.06. The van der Waals surface area contributed by atoms with Crippen molar-refractivity contribution in [2.24, 2.45) is 4.99 Å². The van der Waals surface area contributed by atoms with E-state index in [1.165, 1.54) is 6.26 Å². The van der Waals surface area contributed by atoms with Crippen LogP contribution in [0, 0.1) is 0 Å². The molecular weight excluding hydrogens is 126 g/mol. The van der Waals surface area contributed by atoms with Crippen LogP contribution in [0.4, 0.5) is 0 Å². The lowest BCUT2D eigenvalue weighted by Gasteiger charge is -2.10. The molecule has 2 nitrogen and oxygen atoms in total. The second-order valence-corrected chi connectivity index (χ2v) is 2.12. The van der Waals surface area contributed by atoms with Crippen molar-refractivity contribution in [3.63, 3.8) is 0 Å². The summed E-state index contributed by atoms with van der Waals surface area (Å²) in [5, 5.41) is 0. The number of nitrogens with zero attached hydrogens (tertiary/aromatic N) is 1. The van der Waals surface area contributed by atoms with Crippen LogP contribution in [-0.4, -0.2) is 18.9 Å². The maximum atomic E-state index is 4.99. The third kappa shape index (κ3) is 2.05. The van der Waals surface area contributed by atoms with E-state index in [-0.39, 0.29) is 0 Å². The summed E-state index contributed by atoms with van der Waals surface area (Å²) < 4.78 is 4.99. The zero-order valence-corrected chi connectivity index (χ0v) is 5.86. The van der Waals surface area contributed by atoms with Gasteiger partial charge >= 0.3 is 0 Å². The lowest BCUT2D eigenvalue weighted by Crippen LogP contribution is -2.12. The molecule has 1 unspecified atom stereocenters. The van der Waals surface area contributed by atoms with Gasteiger partial charge in [0, 0.05) is 6.21 Å². The molecule has 0 aromatic heterocycles. The molecule has 0 N–H and O–H groups in total. The van der Waals surface area contributed by atoms with Gasteiger partial charge in [-0.1, -0.05) is 12.7 Å². The van der Waals surface area contributed by atoms with Gasteiger partial charge in [0.1, 0.15) is 6.61 Å². The molecule has 0 saturated carbocycles. The fraction of sp³-hybridized carbons (Fsp3) is 0.375. The minimum absolute atomic E-state index is 0.294. The third-order valence-corrected chi connectivity index (χ3v) is 1.33. The van der Waals surface area contributed by atoms with Gasteiger partial charge in [-0.25, -0.2) is 0 Å². The molecule has 0 aromatic carbocycles. The van der Waals surface area contributed by atoms with Crippen molar-refractivity contribution in [2.45, 2.75) is 12.5 Å². The molecule has 2 heteroatoms. The summed E-state index contributed by atoms with van der Waals surface area (Å²) in [6.07, 6.45) is 8.27. The standard InChI is InChI=1S/C8H11NO/c1-2-10-7-8-5-3-4-6-9-8/h2-4,6,8H,1,5,7H2. The Kier molecular flexibility index (Phi) is 2.74. The van der Waals surface area contributed by atoms with Gasteiger partial charge in [-0.15, -0.1) is 0 Å². The van der Waals surface area contributed by atoms with E-state index in [0.29, 0.717) is 12.6 Å². The van der Waals surface area contributed by atoms with E-state index in [4.69, 9.17) is 4.74 Å². The van der Waals surface area contributed by atoms with Crippen LogP contribution in [0.5, 0.6) is 0 Å². The highest BCUT2D eigenvalue weighted by Gasteiger charge is 2.04. The molecule has 54 valence electrons. The molecule has 0 bridgehead atoms. The van der Waals surface area contributed by atoms with E-state index in [2.05, 4.69) is 17.6 Å². The van der Waals surface area contributed by atoms with Gasteiger partial charge in [0.05, 0.1) is 12.3 Å². The summed E-state index contributed by atoms with van der Waals surface area (Å²) in [7, 11) is 0. The zero-order chi connectivity index (χ0) is 7.23. The molecule has 0 amide bonds. The minimum atomic E-state index is 0.294. The van der Waals surface area contributed by atoms with Gasteiger partial charge in [-0.3, -0.25) is 4.99 Å². The Morgan fingerprint density at radius 3 is 3.30 bits per heavy atom. The Bertz CT molecular complexity index is 161. The van der Waals surface area contributed by atoms with E-state index in [1.54, 1.807) is 6.21 Å². The molecule has 0 saturated heterocycles. The number of ether oxygens (including phenoxy) is 1. The zero-order valence-electron chi connectivity index (χ0n) is 5.86. The summed E-state index contributed by atoms with van der Waals surface area (Å²) in [6.45, 7) is 4.10. The second-order valence-electron chi connectivity index (χ2n) is 2.12. The van der Waals surface area contributed by atoms with Crippen LogP contribution < -0.4 is 0 Å². The van der Waals surface area contributed by atoms with Crippen molar-refractivity contribution in [2.75, 3.05) is 6.61 Å². The van der Waals surface area contributed by atoms with Crippen molar-refractivity contribution in [1.29, 1.82) is 0 Å². The molecule has 0 aromatic rings. The highest BCUT2D eigenvalue weighted by Crippen LogP contribution is 2.03.